The van der Waals surface area contributed by atoms with Crippen LogP contribution in [0.2, 0.25) is 0 Å². The second-order valence-electron chi connectivity index (χ2n) is 3.59. The molecule has 0 bridgehead atoms. The van der Waals surface area contributed by atoms with Gasteiger partial charge in [-0.2, -0.15) is 0 Å². The maximum atomic E-state index is 4.12. The predicted octanol–water partition coefficient (Wildman–Crippen LogP) is 1.16. The van der Waals surface area contributed by atoms with Crippen LogP contribution in [0.5, 0.6) is 0 Å². The molecular formula is C11H10N6. The number of aromatic nitrogens is 6. The van der Waals surface area contributed by atoms with Crippen LogP contribution >= 0.6 is 0 Å². The molecule has 6 nitrogen and oxygen atoms in total. The molecule has 2 heterocycles. The van der Waals surface area contributed by atoms with E-state index in [0.717, 1.165) is 17.2 Å². The highest BCUT2D eigenvalue weighted by Gasteiger charge is 2.09. The largest absolute Gasteiger partial charge is 0.218 e. The number of nitrogens with zero attached hydrogens (tertiary/aromatic N) is 6. The van der Waals surface area contributed by atoms with Crippen LogP contribution in [0.4, 0.5) is 0 Å². The molecule has 0 radical (unpaired) electrons. The lowest BCUT2D eigenvalue weighted by Gasteiger charge is -2.07. The van der Waals surface area contributed by atoms with E-state index in [1.807, 2.05) is 41.9 Å². The van der Waals surface area contributed by atoms with E-state index in [2.05, 4.69) is 20.4 Å². The molecule has 0 aliphatic carbocycles. The van der Waals surface area contributed by atoms with Crippen LogP contribution in [0.3, 0.4) is 0 Å². The quantitative estimate of drug-likeness (QED) is 0.657. The van der Waals surface area contributed by atoms with Crippen LogP contribution in [0.25, 0.3) is 11.4 Å². The lowest BCUT2D eigenvalue weighted by molar-refractivity contribution is 0.637. The Kier molecular flexibility index (Phi) is 2.18. The van der Waals surface area contributed by atoms with Gasteiger partial charge in [-0.25, -0.2) is 9.35 Å². The normalized spacial score (nSPS) is 10.6. The Morgan fingerprint density at radius 2 is 1.59 bits per heavy atom. The smallest absolute Gasteiger partial charge is 0.183 e. The van der Waals surface area contributed by atoms with E-state index >= 15 is 0 Å². The summed E-state index contributed by atoms with van der Waals surface area (Å²) in [4.78, 5) is 0. The standard InChI is InChI=1S/C11H10N6/c1-9-14-12-7-16(9)17-8-13-15-11(17)10-5-3-2-4-6-10/h2-8H,1H3. The Labute approximate surface area is 97.5 Å². The number of hydrogen-bond acceptors (Lipinski definition) is 4. The van der Waals surface area contributed by atoms with Gasteiger partial charge in [0.2, 0.25) is 0 Å². The summed E-state index contributed by atoms with van der Waals surface area (Å²) >= 11 is 0. The Bertz CT molecular complexity index is 624. The second kappa shape index (κ2) is 3.82. The molecule has 0 N–H and O–H groups in total. The van der Waals surface area contributed by atoms with Gasteiger partial charge in [0.05, 0.1) is 0 Å². The average Bonchev–Trinajstić information content (AvgIpc) is 2.98. The van der Waals surface area contributed by atoms with Crippen LogP contribution in [0.15, 0.2) is 43.0 Å². The first-order chi connectivity index (χ1) is 8.36. The zero-order chi connectivity index (χ0) is 11.7. The zero-order valence-electron chi connectivity index (χ0n) is 9.22. The van der Waals surface area contributed by atoms with Crippen molar-refractivity contribution in [2.24, 2.45) is 0 Å². The maximum Gasteiger partial charge on any atom is 0.183 e. The van der Waals surface area contributed by atoms with Crippen molar-refractivity contribution >= 4 is 0 Å². The molecular weight excluding hydrogens is 216 g/mol. The lowest BCUT2D eigenvalue weighted by Crippen LogP contribution is -2.10. The molecule has 0 saturated carbocycles. The summed E-state index contributed by atoms with van der Waals surface area (Å²) in [6.45, 7) is 1.88. The SMILES string of the molecule is Cc1nncn1-n1cnnc1-c1ccccc1. The highest BCUT2D eigenvalue weighted by atomic mass is 15.6. The summed E-state index contributed by atoms with van der Waals surface area (Å²) in [6.07, 6.45) is 3.27. The van der Waals surface area contributed by atoms with Crippen LogP contribution in [0, 0.1) is 6.92 Å². The van der Waals surface area contributed by atoms with Crippen molar-refractivity contribution in [2.75, 3.05) is 0 Å². The first-order valence-electron chi connectivity index (χ1n) is 5.19. The van der Waals surface area contributed by atoms with Crippen molar-refractivity contribution in [3.8, 4) is 11.4 Å². The fourth-order valence-corrected chi connectivity index (χ4v) is 1.66. The van der Waals surface area contributed by atoms with Gasteiger partial charge in [0.1, 0.15) is 18.5 Å². The van der Waals surface area contributed by atoms with Gasteiger partial charge in [0.15, 0.2) is 5.82 Å². The Morgan fingerprint density at radius 3 is 2.29 bits per heavy atom. The van der Waals surface area contributed by atoms with Crippen molar-refractivity contribution < 1.29 is 0 Å². The summed E-state index contributed by atoms with van der Waals surface area (Å²) < 4.78 is 3.60. The third-order valence-corrected chi connectivity index (χ3v) is 2.49. The highest BCUT2D eigenvalue weighted by Crippen LogP contribution is 2.15. The van der Waals surface area contributed by atoms with Crippen molar-refractivity contribution in [2.45, 2.75) is 6.92 Å². The average molecular weight is 226 g/mol. The second-order valence-corrected chi connectivity index (χ2v) is 3.59. The van der Waals surface area contributed by atoms with E-state index in [0.29, 0.717) is 0 Å². The van der Waals surface area contributed by atoms with Gasteiger partial charge in [-0.15, -0.1) is 20.4 Å². The van der Waals surface area contributed by atoms with Crippen molar-refractivity contribution in [3.63, 3.8) is 0 Å². The summed E-state index contributed by atoms with van der Waals surface area (Å²) in [7, 11) is 0. The first-order valence-corrected chi connectivity index (χ1v) is 5.19. The van der Waals surface area contributed by atoms with Gasteiger partial charge in [-0.1, -0.05) is 30.3 Å². The summed E-state index contributed by atoms with van der Waals surface area (Å²) in [6, 6.07) is 9.87. The first kappa shape index (κ1) is 9.71. The molecule has 0 amide bonds. The molecule has 0 aliphatic rings. The van der Waals surface area contributed by atoms with Gasteiger partial charge >= 0.3 is 0 Å². The van der Waals surface area contributed by atoms with Gasteiger partial charge in [-0.05, 0) is 6.92 Å². The zero-order valence-corrected chi connectivity index (χ0v) is 9.22. The van der Waals surface area contributed by atoms with E-state index < -0.39 is 0 Å². The van der Waals surface area contributed by atoms with E-state index in [9.17, 15) is 0 Å². The van der Waals surface area contributed by atoms with Crippen molar-refractivity contribution in [3.05, 3.63) is 48.8 Å². The molecule has 0 saturated heterocycles. The molecule has 1 aromatic carbocycles. The number of benzene rings is 1. The molecule has 6 heteroatoms. The predicted molar refractivity (Wildman–Crippen MR) is 61.0 cm³/mol. The Balaban J connectivity index is 2.16. The maximum absolute atomic E-state index is 4.12. The van der Waals surface area contributed by atoms with Crippen molar-refractivity contribution in [1.82, 2.24) is 29.7 Å². The van der Waals surface area contributed by atoms with E-state index in [-0.39, 0.29) is 0 Å². The molecule has 2 aromatic heterocycles. The Hall–Kier alpha value is -2.50. The third-order valence-electron chi connectivity index (χ3n) is 2.49. The molecule has 0 atom stereocenters. The summed E-state index contributed by atoms with van der Waals surface area (Å²) in [5, 5.41) is 15.8. The Morgan fingerprint density at radius 1 is 0.882 bits per heavy atom. The van der Waals surface area contributed by atoms with E-state index in [1.165, 1.54) is 0 Å². The van der Waals surface area contributed by atoms with Gasteiger partial charge in [-0.3, -0.25) is 0 Å². The minimum absolute atomic E-state index is 0.758. The molecule has 3 rings (SSSR count). The fraction of sp³-hybridized carbons (Fsp3) is 0.0909. The summed E-state index contributed by atoms with van der Waals surface area (Å²) in [5.74, 6) is 1.54. The van der Waals surface area contributed by atoms with Crippen molar-refractivity contribution in [1.29, 1.82) is 0 Å². The minimum atomic E-state index is 0.758. The number of aryl methyl sites for hydroxylation is 1. The van der Waals surface area contributed by atoms with E-state index in [1.54, 1.807) is 17.3 Å². The van der Waals surface area contributed by atoms with Gasteiger partial charge < -0.3 is 0 Å². The van der Waals surface area contributed by atoms with E-state index in [4.69, 9.17) is 0 Å². The van der Waals surface area contributed by atoms with Crippen LogP contribution < -0.4 is 0 Å². The highest BCUT2D eigenvalue weighted by molar-refractivity contribution is 5.54. The fourth-order valence-electron chi connectivity index (χ4n) is 1.66. The molecule has 3 aromatic rings. The molecule has 84 valence electrons. The molecule has 0 aliphatic heterocycles. The van der Waals surface area contributed by atoms with Crippen LogP contribution in [0.1, 0.15) is 5.82 Å². The summed E-state index contributed by atoms with van der Waals surface area (Å²) in [5.41, 5.74) is 0.998. The minimum Gasteiger partial charge on any atom is -0.218 e. The monoisotopic (exact) mass is 226 g/mol. The molecule has 0 fully saturated rings. The molecule has 0 unspecified atom stereocenters. The molecule has 0 spiro atoms. The van der Waals surface area contributed by atoms with Gasteiger partial charge in [0, 0.05) is 5.56 Å². The van der Waals surface area contributed by atoms with Crippen LogP contribution in [-0.2, 0) is 0 Å². The topological polar surface area (TPSA) is 61.4 Å². The lowest BCUT2D eigenvalue weighted by atomic mass is 10.2. The third kappa shape index (κ3) is 1.59. The molecule has 17 heavy (non-hydrogen) atoms. The number of hydrogen-bond donors (Lipinski definition) is 0. The number of rotatable bonds is 2. The van der Waals surface area contributed by atoms with Gasteiger partial charge in [0.25, 0.3) is 0 Å². The van der Waals surface area contributed by atoms with Crippen LogP contribution in [-0.4, -0.2) is 29.7 Å².